The number of likely N-dealkylation sites (tertiary alicyclic amines) is 2. The smallest absolute Gasteiger partial charge is 0.122 e. The molecule has 0 N–H and O–H groups in total. The molecule has 2 aromatic carbocycles. The Kier molecular flexibility index (Phi) is 7.87. The van der Waals surface area contributed by atoms with Crippen LogP contribution in [0.25, 0.3) is 0 Å². The predicted octanol–water partition coefficient (Wildman–Crippen LogP) is 4.72. The molecule has 2 heterocycles. The van der Waals surface area contributed by atoms with Crippen molar-refractivity contribution in [3.63, 3.8) is 0 Å². The number of nitrogens with zero attached hydrogens (tertiary/aromatic N) is 2. The standard InChI is InChI=1S/C27H38N2O2/c1-28-15-5-7-23(18-28)20-30-26-13-11-22(12-14-26)17-25-9-3-4-10-27(25)31-21-24-8-6-16-29(2)19-24/h3-4,9-14,23-24H,5-8,15-21H2,1-2H3. The molecular weight excluding hydrogens is 384 g/mol. The molecule has 0 bridgehead atoms. The summed E-state index contributed by atoms with van der Waals surface area (Å²) in [6, 6.07) is 17.1. The van der Waals surface area contributed by atoms with Crippen LogP contribution < -0.4 is 9.47 Å². The van der Waals surface area contributed by atoms with Crippen molar-refractivity contribution in [1.29, 1.82) is 0 Å². The van der Waals surface area contributed by atoms with Gasteiger partial charge in [0.15, 0.2) is 0 Å². The van der Waals surface area contributed by atoms with Crippen molar-refractivity contribution in [1.82, 2.24) is 9.80 Å². The van der Waals surface area contributed by atoms with Gasteiger partial charge < -0.3 is 19.3 Å². The van der Waals surface area contributed by atoms with E-state index < -0.39 is 0 Å². The fourth-order valence-electron chi connectivity index (χ4n) is 4.95. The fraction of sp³-hybridized carbons (Fsp3) is 0.556. The zero-order chi connectivity index (χ0) is 21.5. The lowest BCUT2D eigenvalue weighted by molar-refractivity contribution is 0.150. The lowest BCUT2D eigenvalue weighted by Crippen LogP contribution is -2.34. The molecule has 0 spiro atoms. The Bertz CT molecular complexity index is 807. The van der Waals surface area contributed by atoms with Crippen LogP contribution in [0, 0.1) is 11.8 Å². The molecule has 0 radical (unpaired) electrons. The van der Waals surface area contributed by atoms with E-state index in [4.69, 9.17) is 9.47 Å². The number of para-hydroxylation sites is 1. The predicted molar refractivity (Wildman–Crippen MR) is 127 cm³/mol. The van der Waals surface area contributed by atoms with E-state index in [-0.39, 0.29) is 0 Å². The maximum Gasteiger partial charge on any atom is 0.122 e. The summed E-state index contributed by atoms with van der Waals surface area (Å²) in [5, 5.41) is 0. The van der Waals surface area contributed by atoms with Crippen molar-refractivity contribution in [3.05, 3.63) is 59.7 Å². The zero-order valence-electron chi connectivity index (χ0n) is 19.3. The number of rotatable bonds is 8. The molecule has 2 aliphatic heterocycles. The first-order valence-electron chi connectivity index (χ1n) is 12.0. The van der Waals surface area contributed by atoms with Gasteiger partial charge in [-0.25, -0.2) is 0 Å². The minimum Gasteiger partial charge on any atom is -0.493 e. The molecule has 2 aromatic rings. The molecule has 4 nitrogen and oxygen atoms in total. The highest BCUT2D eigenvalue weighted by Gasteiger charge is 2.19. The van der Waals surface area contributed by atoms with Gasteiger partial charge in [-0.3, -0.25) is 0 Å². The van der Waals surface area contributed by atoms with Crippen LogP contribution in [0.15, 0.2) is 48.5 Å². The van der Waals surface area contributed by atoms with Crippen LogP contribution in [-0.4, -0.2) is 63.3 Å². The fourth-order valence-corrected chi connectivity index (χ4v) is 4.95. The molecule has 2 unspecified atom stereocenters. The van der Waals surface area contributed by atoms with E-state index in [1.165, 1.54) is 49.9 Å². The van der Waals surface area contributed by atoms with E-state index in [1.54, 1.807) is 0 Å². The molecule has 0 amide bonds. The van der Waals surface area contributed by atoms with E-state index in [2.05, 4.69) is 72.4 Å². The van der Waals surface area contributed by atoms with Gasteiger partial charge in [-0.1, -0.05) is 30.3 Å². The second-order valence-electron chi connectivity index (χ2n) is 9.59. The minimum absolute atomic E-state index is 0.632. The van der Waals surface area contributed by atoms with E-state index in [9.17, 15) is 0 Å². The van der Waals surface area contributed by atoms with Crippen LogP contribution in [0.2, 0.25) is 0 Å². The van der Waals surface area contributed by atoms with Crippen molar-refractivity contribution in [2.75, 3.05) is 53.5 Å². The van der Waals surface area contributed by atoms with Crippen LogP contribution in [0.4, 0.5) is 0 Å². The molecule has 31 heavy (non-hydrogen) atoms. The second kappa shape index (κ2) is 11.0. The summed E-state index contributed by atoms with van der Waals surface area (Å²) in [5.41, 5.74) is 2.55. The van der Waals surface area contributed by atoms with Crippen molar-refractivity contribution in [2.45, 2.75) is 32.1 Å². The maximum atomic E-state index is 6.28. The van der Waals surface area contributed by atoms with Crippen molar-refractivity contribution in [2.24, 2.45) is 11.8 Å². The van der Waals surface area contributed by atoms with Gasteiger partial charge in [0.25, 0.3) is 0 Å². The van der Waals surface area contributed by atoms with Crippen LogP contribution in [-0.2, 0) is 6.42 Å². The van der Waals surface area contributed by atoms with Gasteiger partial charge >= 0.3 is 0 Å². The Hall–Kier alpha value is -2.04. The molecule has 4 heteroatoms. The summed E-state index contributed by atoms with van der Waals surface area (Å²) in [5.74, 6) is 3.28. The largest absolute Gasteiger partial charge is 0.493 e. The van der Waals surface area contributed by atoms with Gasteiger partial charge in [0.2, 0.25) is 0 Å². The average molecular weight is 423 g/mol. The van der Waals surface area contributed by atoms with Crippen LogP contribution in [0.5, 0.6) is 11.5 Å². The molecular formula is C27H38N2O2. The molecule has 0 aliphatic carbocycles. The molecule has 0 saturated carbocycles. The Morgan fingerprint density at radius 3 is 2.03 bits per heavy atom. The molecule has 2 fully saturated rings. The molecule has 2 aliphatic rings. The Labute approximate surface area is 188 Å². The number of benzene rings is 2. The monoisotopic (exact) mass is 422 g/mol. The van der Waals surface area contributed by atoms with Gasteiger partial charge in [-0.15, -0.1) is 0 Å². The lowest BCUT2D eigenvalue weighted by Gasteiger charge is -2.29. The molecule has 0 aromatic heterocycles. The Morgan fingerprint density at radius 2 is 1.39 bits per heavy atom. The summed E-state index contributed by atoms with van der Waals surface area (Å²) in [7, 11) is 4.41. The minimum atomic E-state index is 0.632. The third kappa shape index (κ3) is 6.72. The highest BCUT2D eigenvalue weighted by atomic mass is 16.5. The Morgan fingerprint density at radius 1 is 0.774 bits per heavy atom. The van der Waals surface area contributed by atoms with Crippen LogP contribution >= 0.6 is 0 Å². The third-order valence-electron chi connectivity index (χ3n) is 6.69. The average Bonchev–Trinajstić information content (AvgIpc) is 2.78. The van der Waals surface area contributed by atoms with Crippen LogP contribution in [0.1, 0.15) is 36.8 Å². The number of hydrogen-bond acceptors (Lipinski definition) is 4. The van der Waals surface area contributed by atoms with E-state index in [0.29, 0.717) is 11.8 Å². The van der Waals surface area contributed by atoms with Gasteiger partial charge in [0.05, 0.1) is 13.2 Å². The van der Waals surface area contributed by atoms with Gasteiger partial charge in [0.1, 0.15) is 11.5 Å². The zero-order valence-corrected chi connectivity index (χ0v) is 19.3. The SMILES string of the molecule is CN1CCCC(COc2ccc(Cc3ccccc3OCC3CCCN(C)C3)cc2)C1. The summed E-state index contributed by atoms with van der Waals surface area (Å²) in [6.07, 6.45) is 5.98. The third-order valence-corrected chi connectivity index (χ3v) is 6.69. The van der Waals surface area contributed by atoms with E-state index in [0.717, 1.165) is 44.2 Å². The molecule has 168 valence electrons. The quantitative estimate of drug-likeness (QED) is 0.615. The summed E-state index contributed by atoms with van der Waals surface area (Å²) in [6.45, 7) is 6.34. The van der Waals surface area contributed by atoms with Gasteiger partial charge in [-0.2, -0.15) is 0 Å². The number of ether oxygens (including phenoxy) is 2. The van der Waals surface area contributed by atoms with Crippen LogP contribution in [0.3, 0.4) is 0 Å². The molecule has 4 rings (SSSR count). The first-order valence-corrected chi connectivity index (χ1v) is 12.0. The Balaban J connectivity index is 1.29. The maximum absolute atomic E-state index is 6.28. The first kappa shape index (κ1) is 22.2. The summed E-state index contributed by atoms with van der Waals surface area (Å²) in [4.78, 5) is 4.83. The van der Waals surface area contributed by atoms with E-state index >= 15 is 0 Å². The topological polar surface area (TPSA) is 24.9 Å². The number of hydrogen-bond donors (Lipinski definition) is 0. The van der Waals surface area contributed by atoms with Gasteiger partial charge in [-0.05, 0) is 82.2 Å². The van der Waals surface area contributed by atoms with E-state index in [1.807, 2.05) is 0 Å². The molecule has 2 saturated heterocycles. The van der Waals surface area contributed by atoms with Crippen molar-refractivity contribution >= 4 is 0 Å². The van der Waals surface area contributed by atoms with Crippen molar-refractivity contribution in [3.8, 4) is 11.5 Å². The summed E-state index contributed by atoms with van der Waals surface area (Å²) >= 11 is 0. The first-order chi connectivity index (χ1) is 15.2. The van der Waals surface area contributed by atoms with Gasteiger partial charge in [0, 0.05) is 31.3 Å². The van der Waals surface area contributed by atoms with Crippen molar-refractivity contribution < 1.29 is 9.47 Å². The second-order valence-corrected chi connectivity index (χ2v) is 9.59. The molecule has 2 atom stereocenters. The normalized spacial score (nSPS) is 22.9. The lowest BCUT2D eigenvalue weighted by atomic mass is 9.99. The highest BCUT2D eigenvalue weighted by Crippen LogP contribution is 2.25. The summed E-state index contributed by atoms with van der Waals surface area (Å²) < 4.78 is 12.4. The highest BCUT2D eigenvalue weighted by molar-refractivity contribution is 5.38. The number of piperidine rings is 2.